The lowest BCUT2D eigenvalue weighted by Crippen LogP contribution is -2.42. The van der Waals surface area contributed by atoms with Gasteiger partial charge in [0.05, 0.1) is 30.3 Å². The van der Waals surface area contributed by atoms with Crippen LogP contribution in [-0.2, 0) is 0 Å². The standard InChI is InChI=1S/C26H22FN3O2/c27-20-8-5-18(6-9-20)26(32)30-12-11-21-24(15-31)29-23-10-7-19(13-22(23)25(21)30)17-3-1-16(14-28)2-4-17/h1-10,13,21,24-25,29,31H,11-12,15H2/t21-,24-,25-/m1/s1. The number of aliphatic hydroxyl groups is 1. The van der Waals surface area contributed by atoms with E-state index in [1.165, 1.54) is 24.3 Å². The molecule has 0 radical (unpaired) electrons. The minimum atomic E-state index is -0.375. The van der Waals surface area contributed by atoms with Gasteiger partial charge in [0.2, 0.25) is 0 Å². The van der Waals surface area contributed by atoms with Gasteiger partial charge in [0.15, 0.2) is 0 Å². The summed E-state index contributed by atoms with van der Waals surface area (Å²) < 4.78 is 13.4. The summed E-state index contributed by atoms with van der Waals surface area (Å²) in [5, 5.41) is 22.5. The van der Waals surface area contributed by atoms with Gasteiger partial charge in [0, 0.05) is 23.7 Å². The Balaban J connectivity index is 1.55. The second kappa shape index (κ2) is 8.10. The molecule has 6 heteroatoms. The molecule has 0 aliphatic carbocycles. The molecule has 2 aliphatic heterocycles. The Morgan fingerprint density at radius 3 is 2.50 bits per heavy atom. The lowest BCUT2D eigenvalue weighted by molar-refractivity contribution is 0.0701. The van der Waals surface area contributed by atoms with Crippen molar-refractivity contribution >= 4 is 11.6 Å². The minimum absolute atomic E-state index is 0.0173. The Hall–Kier alpha value is -3.69. The number of halogens is 1. The number of rotatable bonds is 3. The number of nitrogens with zero attached hydrogens (tertiary/aromatic N) is 2. The number of carbonyl (C=O) groups is 1. The van der Waals surface area contributed by atoms with Crippen molar-refractivity contribution in [2.45, 2.75) is 18.5 Å². The SMILES string of the molecule is N#Cc1ccc(-c2ccc3c(c2)[C@H]2[C@H](CCN2C(=O)c2ccc(F)cc2)[C@@H](CO)N3)cc1. The summed E-state index contributed by atoms with van der Waals surface area (Å²) in [6.45, 7) is 0.556. The van der Waals surface area contributed by atoms with E-state index in [2.05, 4.69) is 17.5 Å². The summed E-state index contributed by atoms with van der Waals surface area (Å²) in [4.78, 5) is 15.2. The molecular weight excluding hydrogens is 405 g/mol. The van der Waals surface area contributed by atoms with Crippen LogP contribution in [0.4, 0.5) is 10.1 Å². The van der Waals surface area contributed by atoms with Crippen LogP contribution in [-0.4, -0.2) is 35.1 Å². The first kappa shape index (κ1) is 20.2. The molecule has 0 aromatic heterocycles. The number of amides is 1. The van der Waals surface area contributed by atoms with Gasteiger partial charge in [0.1, 0.15) is 5.82 Å². The molecule has 1 amide bonds. The fraction of sp³-hybridized carbons (Fsp3) is 0.231. The number of fused-ring (bicyclic) bond motifs is 3. The third-order valence-corrected chi connectivity index (χ3v) is 6.57. The van der Waals surface area contributed by atoms with E-state index in [-0.39, 0.29) is 36.3 Å². The maximum Gasteiger partial charge on any atom is 0.254 e. The molecule has 0 spiro atoms. The number of benzene rings is 3. The molecule has 3 aromatic rings. The van der Waals surface area contributed by atoms with Gasteiger partial charge < -0.3 is 15.3 Å². The second-order valence-electron chi connectivity index (χ2n) is 8.33. The number of nitrogens with one attached hydrogen (secondary N) is 1. The second-order valence-corrected chi connectivity index (χ2v) is 8.33. The Morgan fingerprint density at radius 1 is 1.09 bits per heavy atom. The van der Waals surface area contributed by atoms with Crippen molar-refractivity contribution < 1.29 is 14.3 Å². The summed E-state index contributed by atoms with van der Waals surface area (Å²) in [5.74, 6) is -0.431. The summed E-state index contributed by atoms with van der Waals surface area (Å²) in [6.07, 6.45) is 0.774. The average Bonchev–Trinajstić information content (AvgIpc) is 3.29. The molecule has 2 N–H and O–H groups in total. The fourth-order valence-corrected chi connectivity index (χ4v) is 4.97. The largest absolute Gasteiger partial charge is 0.394 e. The maximum absolute atomic E-state index is 13.4. The molecule has 2 aliphatic rings. The van der Waals surface area contributed by atoms with Crippen LogP contribution in [0, 0.1) is 23.1 Å². The zero-order chi connectivity index (χ0) is 22.2. The van der Waals surface area contributed by atoms with Gasteiger partial charge in [-0.25, -0.2) is 4.39 Å². The zero-order valence-electron chi connectivity index (χ0n) is 17.3. The fourth-order valence-electron chi connectivity index (χ4n) is 4.97. The molecule has 160 valence electrons. The molecule has 0 bridgehead atoms. The van der Waals surface area contributed by atoms with E-state index in [0.29, 0.717) is 17.7 Å². The molecule has 1 saturated heterocycles. The van der Waals surface area contributed by atoms with Crippen LogP contribution in [0.3, 0.4) is 0 Å². The van der Waals surface area contributed by atoms with Crippen molar-refractivity contribution in [3.8, 4) is 17.2 Å². The maximum atomic E-state index is 13.4. The van der Waals surface area contributed by atoms with Gasteiger partial charge in [-0.2, -0.15) is 5.26 Å². The number of carbonyl (C=O) groups excluding carboxylic acids is 1. The van der Waals surface area contributed by atoms with E-state index in [4.69, 9.17) is 5.26 Å². The van der Waals surface area contributed by atoms with Crippen molar-refractivity contribution in [2.75, 3.05) is 18.5 Å². The van der Waals surface area contributed by atoms with Gasteiger partial charge in [-0.05, 0) is 71.6 Å². The van der Waals surface area contributed by atoms with E-state index in [1.807, 2.05) is 29.2 Å². The number of aliphatic hydroxyl groups excluding tert-OH is 1. The van der Waals surface area contributed by atoms with E-state index in [9.17, 15) is 14.3 Å². The van der Waals surface area contributed by atoms with Crippen molar-refractivity contribution in [3.05, 3.63) is 89.2 Å². The van der Waals surface area contributed by atoms with Gasteiger partial charge in [0.25, 0.3) is 5.91 Å². The number of nitriles is 1. The topological polar surface area (TPSA) is 76.4 Å². The quantitative estimate of drug-likeness (QED) is 0.651. The molecule has 0 unspecified atom stereocenters. The van der Waals surface area contributed by atoms with Crippen LogP contribution in [0.15, 0.2) is 66.7 Å². The smallest absolute Gasteiger partial charge is 0.254 e. The van der Waals surface area contributed by atoms with E-state index in [1.54, 1.807) is 12.1 Å². The highest BCUT2D eigenvalue weighted by molar-refractivity contribution is 5.95. The first-order valence-electron chi connectivity index (χ1n) is 10.7. The highest BCUT2D eigenvalue weighted by atomic mass is 19.1. The molecule has 5 nitrogen and oxygen atoms in total. The summed E-state index contributed by atoms with van der Waals surface area (Å²) in [6, 6.07) is 20.9. The first-order valence-corrected chi connectivity index (χ1v) is 10.7. The predicted octanol–water partition coefficient (Wildman–Crippen LogP) is 4.35. The molecule has 2 heterocycles. The van der Waals surface area contributed by atoms with Crippen molar-refractivity contribution in [1.82, 2.24) is 4.90 Å². The summed E-state index contributed by atoms with van der Waals surface area (Å²) in [7, 11) is 0. The van der Waals surface area contributed by atoms with Gasteiger partial charge in [-0.3, -0.25) is 4.79 Å². The lowest BCUT2D eigenvalue weighted by Gasteiger charge is -2.39. The van der Waals surface area contributed by atoms with Crippen molar-refractivity contribution in [2.24, 2.45) is 5.92 Å². The minimum Gasteiger partial charge on any atom is -0.394 e. The van der Waals surface area contributed by atoms with Gasteiger partial charge in [-0.15, -0.1) is 0 Å². The van der Waals surface area contributed by atoms with Crippen LogP contribution in [0.1, 0.15) is 33.9 Å². The van der Waals surface area contributed by atoms with Crippen molar-refractivity contribution in [3.63, 3.8) is 0 Å². The number of anilines is 1. The van der Waals surface area contributed by atoms with Crippen LogP contribution in [0.2, 0.25) is 0 Å². The number of hydrogen-bond acceptors (Lipinski definition) is 4. The third-order valence-electron chi connectivity index (χ3n) is 6.57. The normalized spacial score (nSPS) is 21.3. The van der Waals surface area contributed by atoms with Crippen molar-refractivity contribution in [1.29, 1.82) is 5.26 Å². The Kier molecular flexibility index (Phi) is 5.12. The Labute approximate surface area is 185 Å². The lowest BCUT2D eigenvalue weighted by atomic mass is 9.82. The Morgan fingerprint density at radius 2 is 1.81 bits per heavy atom. The van der Waals surface area contributed by atoms with Crippen LogP contribution in [0.25, 0.3) is 11.1 Å². The molecule has 5 rings (SSSR count). The molecule has 32 heavy (non-hydrogen) atoms. The molecule has 0 saturated carbocycles. The number of likely N-dealkylation sites (tertiary alicyclic amines) is 1. The third kappa shape index (κ3) is 3.41. The summed E-state index contributed by atoms with van der Waals surface area (Å²) in [5.41, 5.74) is 4.96. The van der Waals surface area contributed by atoms with Crippen LogP contribution in [0.5, 0.6) is 0 Å². The van der Waals surface area contributed by atoms with E-state index < -0.39 is 0 Å². The highest BCUT2D eigenvalue weighted by Gasteiger charge is 2.45. The zero-order valence-corrected chi connectivity index (χ0v) is 17.3. The van der Waals surface area contributed by atoms with Crippen LogP contribution >= 0.6 is 0 Å². The van der Waals surface area contributed by atoms with E-state index >= 15 is 0 Å². The Bertz CT molecular complexity index is 1200. The monoisotopic (exact) mass is 427 g/mol. The number of hydrogen-bond donors (Lipinski definition) is 2. The highest BCUT2D eigenvalue weighted by Crippen LogP contribution is 2.47. The van der Waals surface area contributed by atoms with E-state index in [0.717, 1.165) is 28.8 Å². The summed E-state index contributed by atoms with van der Waals surface area (Å²) >= 11 is 0. The van der Waals surface area contributed by atoms with Crippen LogP contribution < -0.4 is 5.32 Å². The molecule has 3 atom stereocenters. The van der Waals surface area contributed by atoms with Gasteiger partial charge in [-0.1, -0.05) is 18.2 Å². The van der Waals surface area contributed by atoms with Gasteiger partial charge >= 0.3 is 0 Å². The average molecular weight is 427 g/mol. The molecule has 1 fully saturated rings. The molecule has 3 aromatic carbocycles. The predicted molar refractivity (Wildman–Crippen MR) is 119 cm³/mol. The first-order chi connectivity index (χ1) is 15.6. The molecular formula is C26H22FN3O2.